The molecular weight excluding hydrogens is 258 g/mol. The van der Waals surface area contributed by atoms with Crippen LogP contribution in [0.25, 0.3) is 11.1 Å². The molecule has 3 rings (SSSR count). The van der Waals surface area contributed by atoms with Gasteiger partial charge in [0, 0.05) is 31.6 Å². The quantitative estimate of drug-likeness (QED) is 0.871. The standard InChI is InChI=1S/C14H17N3O3/c1-9-16(3)5-6-17(9)10(2)20-14(18)12-8-13-11(15-12)4-7-19-13/h4-10,15H,1-3H3. The van der Waals surface area contributed by atoms with Crippen molar-refractivity contribution in [2.24, 2.45) is 0 Å². The summed E-state index contributed by atoms with van der Waals surface area (Å²) in [5, 5.41) is 0. The number of nitrogens with one attached hydrogen (secondary N) is 1. The van der Waals surface area contributed by atoms with Crippen LogP contribution in [-0.4, -0.2) is 40.2 Å². The maximum absolute atomic E-state index is 12.1. The van der Waals surface area contributed by atoms with Gasteiger partial charge in [0.2, 0.25) is 0 Å². The van der Waals surface area contributed by atoms with Gasteiger partial charge in [-0.15, -0.1) is 0 Å². The molecule has 0 fully saturated rings. The van der Waals surface area contributed by atoms with E-state index in [1.54, 1.807) is 18.4 Å². The van der Waals surface area contributed by atoms with E-state index in [9.17, 15) is 4.79 Å². The maximum Gasteiger partial charge on any atom is 0.356 e. The number of hydrogen-bond acceptors (Lipinski definition) is 5. The summed E-state index contributed by atoms with van der Waals surface area (Å²) in [6, 6.07) is 3.43. The summed E-state index contributed by atoms with van der Waals surface area (Å²) in [4.78, 5) is 19.1. The number of rotatable bonds is 3. The smallest absolute Gasteiger partial charge is 0.356 e. The SMILES string of the molecule is CC(OC(=O)c1cc2occc2[nH]1)N1C=CN(C)C1C. The number of furan rings is 1. The molecule has 0 saturated carbocycles. The summed E-state index contributed by atoms with van der Waals surface area (Å²) < 4.78 is 10.7. The summed E-state index contributed by atoms with van der Waals surface area (Å²) >= 11 is 0. The van der Waals surface area contributed by atoms with E-state index in [-0.39, 0.29) is 18.4 Å². The van der Waals surface area contributed by atoms with Gasteiger partial charge in [0.25, 0.3) is 0 Å². The Morgan fingerprint density at radius 2 is 2.30 bits per heavy atom. The molecule has 2 unspecified atom stereocenters. The number of aromatic nitrogens is 1. The highest BCUT2D eigenvalue weighted by molar-refractivity contribution is 5.93. The first-order chi connectivity index (χ1) is 9.56. The summed E-state index contributed by atoms with van der Waals surface area (Å²) in [5.74, 6) is -0.390. The number of H-pyrrole nitrogens is 1. The zero-order valence-electron chi connectivity index (χ0n) is 11.7. The summed E-state index contributed by atoms with van der Waals surface area (Å²) in [5.41, 5.74) is 1.84. The largest absolute Gasteiger partial charge is 0.463 e. The van der Waals surface area contributed by atoms with E-state index in [2.05, 4.69) is 4.98 Å². The lowest BCUT2D eigenvalue weighted by atomic mass is 10.4. The van der Waals surface area contributed by atoms with Gasteiger partial charge in [0.15, 0.2) is 11.8 Å². The van der Waals surface area contributed by atoms with E-state index in [4.69, 9.17) is 9.15 Å². The minimum absolute atomic E-state index is 0.165. The first kappa shape index (κ1) is 12.7. The van der Waals surface area contributed by atoms with E-state index in [1.807, 2.05) is 43.1 Å². The van der Waals surface area contributed by atoms with E-state index in [0.717, 1.165) is 5.52 Å². The minimum Gasteiger partial charge on any atom is -0.463 e. The molecule has 0 spiro atoms. The predicted octanol–water partition coefficient (Wildman–Crippen LogP) is 2.33. The van der Waals surface area contributed by atoms with Crippen LogP contribution < -0.4 is 0 Å². The van der Waals surface area contributed by atoms with Crippen LogP contribution in [0.15, 0.2) is 35.2 Å². The van der Waals surface area contributed by atoms with Gasteiger partial charge in [0.05, 0.1) is 11.8 Å². The lowest BCUT2D eigenvalue weighted by Gasteiger charge is -2.31. The second-order valence-electron chi connectivity index (χ2n) is 4.93. The fourth-order valence-corrected chi connectivity index (χ4v) is 2.30. The molecule has 0 bridgehead atoms. The van der Waals surface area contributed by atoms with Crippen LogP contribution in [-0.2, 0) is 4.74 Å². The molecule has 6 nitrogen and oxygen atoms in total. The first-order valence-corrected chi connectivity index (χ1v) is 6.51. The van der Waals surface area contributed by atoms with Crippen molar-refractivity contribution in [2.45, 2.75) is 26.2 Å². The van der Waals surface area contributed by atoms with Crippen LogP contribution in [0.4, 0.5) is 0 Å². The van der Waals surface area contributed by atoms with Crippen LogP contribution in [0.3, 0.4) is 0 Å². The van der Waals surface area contributed by atoms with Gasteiger partial charge >= 0.3 is 5.97 Å². The average Bonchev–Trinajstić information content (AvgIpc) is 3.05. The molecule has 2 aromatic heterocycles. The van der Waals surface area contributed by atoms with Crippen molar-refractivity contribution in [1.29, 1.82) is 0 Å². The number of esters is 1. The van der Waals surface area contributed by atoms with Crippen LogP contribution in [0.1, 0.15) is 24.3 Å². The van der Waals surface area contributed by atoms with E-state index >= 15 is 0 Å². The van der Waals surface area contributed by atoms with Crippen LogP contribution in [0, 0.1) is 0 Å². The number of fused-ring (bicyclic) bond motifs is 1. The second kappa shape index (κ2) is 4.63. The highest BCUT2D eigenvalue weighted by atomic mass is 16.6. The molecule has 3 heterocycles. The highest BCUT2D eigenvalue weighted by Gasteiger charge is 2.26. The van der Waals surface area contributed by atoms with Crippen molar-refractivity contribution in [3.8, 4) is 0 Å². The Bertz CT molecular complexity index is 629. The molecule has 2 aromatic rings. The highest BCUT2D eigenvalue weighted by Crippen LogP contribution is 2.20. The molecule has 2 atom stereocenters. The Morgan fingerprint density at radius 3 is 2.95 bits per heavy atom. The molecule has 106 valence electrons. The molecule has 0 aromatic carbocycles. The lowest BCUT2D eigenvalue weighted by Crippen LogP contribution is -2.41. The van der Waals surface area contributed by atoms with Gasteiger partial charge in [-0.25, -0.2) is 4.79 Å². The molecule has 0 amide bonds. The number of aromatic amines is 1. The van der Waals surface area contributed by atoms with E-state index < -0.39 is 0 Å². The Morgan fingerprint density at radius 1 is 1.50 bits per heavy atom. The molecule has 0 saturated heterocycles. The summed E-state index contributed by atoms with van der Waals surface area (Å²) in [7, 11) is 1.98. The van der Waals surface area contributed by atoms with E-state index in [1.165, 1.54) is 0 Å². The monoisotopic (exact) mass is 275 g/mol. The summed E-state index contributed by atoms with van der Waals surface area (Å²) in [6.07, 6.45) is 5.27. The normalized spacial score (nSPS) is 19.9. The predicted molar refractivity (Wildman–Crippen MR) is 73.6 cm³/mol. The van der Waals surface area contributed by atoms with Gasteiger partial charge in [-0.1, -0.05) is 0 Å². The van der Waals surface area contributed by atoms with E-state index in [0.29, 0.717) is 11.3 Å². The Kier molecular flexibility index (Phi) is 2.93. The van der Waals surface area contributed by atoms with Crippen LogP contribution in [0.5, 0.6) is 0 Å². The lowest BCUT2D eigenvalue weighted by molar-refractivity contribution is -0.0268. The van der Waals surface area contributed by atoms with Gasteiger partial charge < -0.3 is 23.9 Å². The third-order valence-electron chi connectivity index (χ3n) is 3.65. The average molecular weight is 275 g/mol. The fourth-order valence-electron chi connectivity index (χ4n) is 2.30. The molecule has 1 aliphatic heterocycles. The third-order valence-corrected chi connectivity index (χ3v) is 3.65. The van der Waals surface area contributed by atoms with Crippen molar-refractivity contribution < 1.29 is 13.9 Å². The molecule has 1 N–H and O–H groups in total. The van der Waals surface area contributed by atoms with Crippen LogP contribution in [0.2, 0.25) is 0 Å². The van der Waals surface area contributed by atoms with Gasteiger partial charge in [-0.05, 0) is 13.8 Å². The number of hydrogen-bond donors (Lipinski definition) is 1. The second-order valence-corrected chi connectivity index (χ2v) is 4.93. The van der Waals surface area contributed by atoms with Gasteiger partial charge in [0.1, 0.15) is 11.9 Å². The molecule has 1 aliphatic rings. The summed E-state index contributed by atoms with van der Waals surface area (Å²) in [6.45, 7) is 3.90. The van der Waals surface area contributed by atoms with Crippen molar-refractivity contribution in [1.82, 2.24) is 14.8 Å². The zero-order chi connectivity index (χ0) is 14.3. The molecule has 6 heteroatoms. The number of ether oxygens (including phenoxy) is 1. The molecule has 20 heavy (non-hydrogen) atoms. The Balaban J connectivity index is 1.69. The molecule has 0 aliphatic carbocycles. The topological polar surface area (TPSA) is 61.7 Å². The molecule has 0 radical (unpaired) electrons. The minimum atomic E-state index is -0.390. The van der Waals surface area contributed by atoms with Crippen molar-refractivity contribution in [3.63, 3.8) is 0 Å². The number of nitrogens with zero attached hydrogens (tertiary/aromatic N) is 2. The third kappa shape index (κ3) is 2.03. The van der Waals surface area contributed by atoms with Gasteiger partial charge in [-0.3, -0.25) is 0 Å². The Hall–Kier alpha value is -2.37. The number of carbonyl (C=O) groups excluding carboxylic acids is 1. The first-order valence-electron chi connectivity index (χ1n) is 6.51. The molecular formula is C14H17N3O3. The van der Waals surface area contributed by atoms with Crippen molar-refractivity contribution >= 4 is 17.1 Å². The van der Waals surface area contributed by atoms with Gasteiger partial charge in [-0.2, -0.15) is 0 Å². The fraction of sp³-hybridized carbons (Fsp3) is 0.357. The van der Waals surface area contributed by atoms with Crippen LogP contribution >= 0.6 is 0 Å². The van der Waals surface area contributed by atoms with Crippen molar-refractivity contribution in [2.75, 3.05) is 7.05 Å². The maximum atomic E-state index is 12.1. The van der Waals surface area contributed by atoms with Crippen molar-refractivity contribution in [3.05, 3.63) is 36.5 Å². The Labute approximate surface area is 116 Å². The zero-order valence-corrected chi connectivity index (χ0v) is 11.7. The number of carbonyl (C=O) groups is 1.